The van der Waals surface area contributed by atoms with E-state index in [0.29, 0.717) is 71.5 Å². The summed E-state index contributed by atoms with van der Waals surface area (Å²) in [6.07, 6.45) is 27.1. The standard InChI is InChI=1S/C74H108N8O8/c1-46(13-11-35-83)48(3)71(7)29-27-60-51(41-71)15-18-52-39-54(25-30-72(52,60)8)88-67(85)44-80-42-63(76-78-80)49-16-20-56-57-21-17-50(38-66(57)82(65(56)37-49)34-33-75-69(87)90-70(4,5)6)64-43-81(79-77-64)45-68(86)89-55-26-31-73(9)53(40-55)19-22-58-61-24-23-59(47(2)14-12-36-84)74(61,10)32-28-62(58)73/h16-17,20-21,37-38,42-43,46-48,51-55,58-62,83-84H,11-15,18-19,22-36,39-41,44-45H2,1-10H3,(H,75,87)/t46-,47-,48?,51+,52-,53-,54-,55-,58+,59?,60?,61+,62?,71?,72?,73?,74?/m1/s1. The molecule has 492 valence electrons. The number of alkyl carbamates (subject to hydrolysis) is 1. The van der Waals surface area contributed by atoms with Crippen molar-refractivity contribution < 1.29 is 38.8 Å². The number of esters is 2. The second-order valence-electron chi connectivity index (χ2n) is 32.3. The minimum atomic E-state index is -0.643. The van der Waals surface area contributed by atoms with Crippen LogP contribution in [0, 0.1) is 86.8 Å². The third kappa shape index (κ3) is 12.8. The SMILES string of the molecule is CC([C@H](C)CCCO)C1(C)CCC2[C@@H](CC[C@@H]3C[C@H](OC(=O)Cn4cc(-c5ccc6c7ccc(-c8cn(CC(=O)O[C@@H]9CCC%10(C)C%11CCC%12(C)C([C@H](C)CCCO)CC[C@H]%12[C@@H]%11CC[C@@H]%10C9)nn8)cc7n(CCNC(=O)OC(C)(C)C)c6c5)nn4)CCC23C)C1. The van der Waals surface area contributed by atoms with Crippen molar-refractivity contribution in [3.63, 3.8) is 0 Å². The van der Waals surface area contributed by atoms with Gasteiger partial charge in [0.15, 0.2) is 0 Å². The zero-order valence-electron chi connectivity index (χ0n) is 56.2. The lowest BCUT2D eigenvalue weighted by atomic mass is 9.44. The van der Waals surface area contributed by atoms with Gasteiger partial charge >= 0.3 is 18.0 Å². The summed E-state index contributed by atoms with van der Waals surface area (Å²) in [4.78, 5) is 40.3. The Morgan fingerprint density at radius 2 is 1.20 bits per heavy atom. The van der Waals surface area contributed by atoms with Crippen molar-refractivity contribution in [1.82, 2.24) is 39.9 Å². The summed E-state index contributed by atoms with van der Waals surface area (Å²) in [5, 5.41) is 42.1. The van der Waals surface area contributed by atoms with Gasteiger partial charge in [-0.3, -0.25) is 9.59 Å². The monoisotopic (exact) mass is 1240 g/mol. The third-order valence-electron chi connectivity index (χ3n) is 26.2. The molecule has 1 amide bonds. The average Bonchev–Trinajstić information content (AvgIpc) is 1.38. The molecular formula is C74H108N8O8. The van der Waals surface area contributed by atoms with E-state index in [0.717, 1.165) is 133 Å². The number of hydrogen-bond donors (Lipinski definition) is 3. The van der Waals surface area contributed by atoms with Gasteiger partial charge in [-0.15, -0.1) is 10.2 Å². The van der Waals surface area contributed by atoms with Crippen molar-refractivity contribution in [1.29, 1.82) is 0 Å². The quantitative estimate of drug-likeness (QED) is 0.0493. The summed E-state index contributed by atoms with van der Waals surface area (Å²) in [5.41, 5.74) is 5.50. The van der Waals surface area contributed by atoms with Gasteiger partial charge in [-0.2, -0.15) is 0 Å². The number of nitrogens with one attached hydrogen (secondary N) is 1. The van der Waals surface area contributed by atoms with Crippen LogP contribution in [0.25, 0.3) is 44.3 Å². The van der Waals surface area contributed by atoms with Crippen LogP contribution in [0.3, 0.4) is 0 Å². The number of carbonyl (C=O) groups excluding carboxylic acids is 3. The smallest absolute Gasteiger partial charge is 0.407 e. The number of aliphatic hydroxyl groups is 2. The maximum absolute atomic E-state index is 13.7. The molecule has 7 aliphatic carbocycles. The molecule has 7 fully saturated rings. The van der Waals surface area contributed by atoms with E-state index in [1.54, 1.807) is 9.36 Å². The predicted molar refractivity (Wildman–Crippen MR) is 350 cm³/mol. The van der Waals surface area contributed by atoms with Crippen LogP contribution in [0.4, 0.5) is 4.79 Å². The Bertz CT molecular complexity index is 3360. The molecule has 0 spiro atoms. The number of rotatable bonds is 20. The van der Waals surface area contributed by atoms with Crippen LogP contribution in [-0.2, 0) is 43.4 Å². The highest BCUT2D eigenvalue weighted by molar-refractivity contribution is 6.10. The van der Waals surface area contributed by atoms with Gasteiger partial charge in [-0.1, -0.05) is 83.2 Å². The number of amides is 1. The van der Waals surface area contributed by atoms with E-state index in [4.69, 9.17) is 14.2 Å². The van der Waals surface area contributed by atoms with Crippen LogP contribution in [0.15, 0.2) is 48.8 Å². The van der Waals surface area contributed by atoms with Crippen molar-refractivity contribution in [3.05, 3.63) is 48.8 Å². The minimum Gasteiger partial charge on any atom is -0.461 e. The van der Waals surface area contributed by atoms with Gasteiger partial charge in [-0.05, 0) is 254 Å². The van der Waals surface area contributed by atoms with Crippen LogP contribution < -0.4 is 5.32 Å². The number of aliphatic hydroxyl groups excluding tert-OH is 2. The van der Waals surface area contributed by atoms with Gasteiger partial charge in [0.2, 0.25) is 0 Å². The molecule has 5 aromatic rings. The van der Waals surface area contributed by atoms with E-state index in [1.165, 1.54) is 70.6 Å². The lowest BCUT2D eigenvalue weighted by Crippen LogP contribution is -2.54. The fourth-order valence-corrected chi connectivity index (χ4v) is 21.2. The fraction of sp³-hybridized carbons (Fsp3) is 0.743. The highest BCUT2D eigenvalue weighted by atomic mass is 16.6. The summed E-state index contributed by atoms with van der Waals surface area (Å²) in [5.74, 6) is 7.07. The first-order valence-electron chi connectivity index (χ1n) is 35.4. The summed E-state index contributed by atoms with van der Waals surface area (Å²) in [6, 6.07) is 12.4. The normalized spacial score (nSPS) is 33.4. The minimum absolute atomic E-state index is 0.0169. The zero-order chi connectivity index (χ0) is 63.5. The van der Waals surface area contributed by atoms with Gasteiger partial charge in [0, 0.05) is 59.2 Å². The predicted octanol–water partition coefficient (Wildman–Crippen LogP) is 14.8. The molecule has 0 saturated heterocycles. The molecule has 3 heterocycles. The van der Waals surface area contributed by atoms with E-state index in [2.05, 4.69) is 103 Å². The number of fused-ring (bicyclic) bond motifs is 11. The number of hydrogen-bond acceptors (Lipinski definition) is 12. The van der Waals surface area contributed by atoms with E-state index < -0.39 is 11.7 Å². The van der Waals surface area contributed by atoms with Gasteiger partial charge in [0.25, 0.3) is 0 Å². The number of benzene rings is 2. The Balaban J connectivity index is 0.679. The maximum atomic E-state index is 13.7. The highest BCUT2D eigenvalue weighted by Crippen LogP contribution is 2.69. The molecule has 0 aliphatic heterocycles. The molecule has 17 atom stereocenters. The molecule has 7 aliphatic rings. The van der Waals surface area contributed by atoms with E-state index in [9.17, 15) is 24.6 Å². The lowest BCUT2D eigenvalue weighted by Gasteiger charge is -2.61. The van der Waals surface area contributed by atoms with Crippen LogP contribution in [0.5, 0.6) is 0 Å². The molecule has 0 bridgehead atoms. The lowest BCUT2D eigenvalue weighted by molar-refractivity contribution is -0.163. The topological polar surface area (TPSA) is 198 Å². The summed E-state index contributed by atoms with van der Waals surface area (Å²) >= 11 is 0. The maximum Gasteiger partial charge on any atom is 0.407 e. The van der Waals surface area contributed by atoms with Crippen LogP contribution in [0.2, 0.25) is 0 Å². The second kappa shape index (κ2) is 25.9. The second-order valence-corrected chi connectivity index (χ2v) is 32.3. The largest absolute Gasteiger partial charge is 0.461 e. The third-order valence-corrected chi connectivity index (χ3v) is 26.2. The zero-order valence-corrected chi connectivity index (χ0v) is 56.2. The number of ether oxygens (including phenoxy) is 3. The summed E-state index contributed by atoms with van der Waals surface area (Å²) in [7, 11) is 0. The van der Waals surface area contributed by atoms with E-state index in [1.807, 2.05) is 45.3 Å². The van der Waals surface area contributed by atoms with E-state index >= 15 is 0 Å². The molecule has 3 N–H and O–H groups in total. The van der Waals surface area contributed by atoms with E-state index in [-0.39, 0.29) is 54.7 Å². The van der Waals surface area contributed by atoms with Crippen molar-refractivity contribution >= 4 is 39.8 Å². The molecule has 7 saturated carbocycles. The molecule has 16 heteroatoms. The van der Waals surface area contributed by atoms with Gasteiger partial charge < -0.3 is 34.3 Å². The van der Waals surface area contributed by atoms with Crippen LogP contribution >= 0.6 is 0 Å². The first-order chi connectivity index (χ1) is 43.0. The number of nitrogens with zero attached hydrogens (tertiary/aromatic N) is 7. The van der Waals surface area contributed by atoms with Gasteiger partial charge in [0.1, 0.15) is 42.3 Å². The summed E-state index contributed by atoms with van der Waals surface area (Å²) < 4.78 is 23.5. The first kappa shape index (κ1) is 64.7. The van der Waals surface area contributed by atoms with Crippen LogP contribution in [-0.4, -0.2) is 100 Å². The highest BCUT2D eigenvalue weighted by Gasteiger charge is 2.61. The molecule has 2 aromatic carbocycles. The molecule has 90 heavy (non-hydrogen) atoms. The Hall–Kier alpha value is -5.35. The number of carbonyl (C=O) groups is 3. The molecule has 3 aromatic heterocycles. The fourth-order valence-electron chi connectivity index (χ4n) is 21.2. The van der Waals surface area contributed by atoms with Crippen molar-refractivity contribution in [3.8, 4) is 22.5 Å². The van der Waals surface area contributed by atoms with Gasteiger partial charge in [-0.25, -0.2) is 14.2 Å². The molecular weight excluding hydrogens is 1130 g/mol. The van der Waals surface area contributed by atoms with Gasteiger partial charge in [0.05, 0.1) is 12.4 Å². The Morgan fingerprint density at radius 1 is 0.656 bits per heavy atom. The first-order valence-corrected chi connectivity index (χ1v) is 35.4. The molecule has 12 rings (SSSR count). The average molecular weight is 1240 g/mol. The Labute approximate surface area is 535 Å². The molecule has 8 unspecified atom stereocenters. The van der Waals surface area contributed by atoms with Crippen molar-refractivity contribution in [2.45, 2.75) is 242 Å². The molecule has 16 nitrogen and oxygen atoms in total. The summed E-state index contributed by atoms with van der Waals surface area (Å²) in [6.45, 7) is 24.4. The van der Waals surface area contributed by atoms with Crippen molar-refractivity contribution in [2.24, 2.45) is 86.8 Å². The Morgan fingerprint density at radius 3 is 1.79 bits per heavy atom. The van der Waals surface area contributed by atoms with Crippen LogP contribution in [0.1, 0.15) is 204 Å². The number of aromatic nitrogens is 7. The Kier molecular flexibility index (Phi) is 18.6. The van der Waals surface area contributed by atoms with Crippen molar-refractivity contribution in [2.75, 3.05) is 19.8 Å². The molecule has 0 radical (unpaired) electrons.